The van der Waals surface area contributed by atoms with Crippen LogP contribution in [0.25, 0.3) is 0 Å². The lowest BCUT2D eigenvalue weighted by Gasteiger charge is -2.49. The third-order valence-corrected chi connectivity index (χ3v) is 4.88. The third kappa shape index (κ3) is 3.61. The first-order valence-electron chi connectivity index (χ1n) is 7.36. The molecule has 0 spiro atoms. The SMILES string of the molecule is CCC1CC(CNC(C)(C)C)(c2ccc(Br)cc2)C1. The first-order chi connectivity index (χ1) is 8.85. The summed E-state index contributed by atoms with van der Waals surface area (Å²) in [6.45, 7) is 10.1. The van der Waals surface area contributed by atoms with Crippen LogP contribution in [0.15, 0.2) is 28.7 Å². The van der Waals surface area contributed by atoms with Gasteiger partial charge in [-0.25, -0.2) is 0 Å². The van der Waals surface area contributed by atoms with Gasteiger partial charge in [0.05, 0.1) is 0 Å². The van der Waals surface area contributed by atoms with Gasteiger partial charge in [0, 0.05) is 22.0 Å². The normalized spacial score (nSPS) is 27.1. The van der Waals surface area contributed by atoms with Crippen LogP contribution in [0.1, 0.15) is 52.5 Å². The van der Waals surface area contributed by atoms with Crippen molar-refractivity contribution in [3.05, 3.63) is 34.3 Å². The maximum absolute atomic E-state index is 3.71. The van der Waals surface area contributed by atoms with Crippen LogP contribution in [0.5, 0.6) is 0 Å². The summed E-state index contributed by atoms with van der Waals surface area (Å²) in [5, 5.41) is 3.71. The number of rotatable bonds is 4. The van der Waals surface area contributed by atoms with Gasteiger partial charge >= 0.3 is 0 Å². The highest BCUT2D eigenvalue weighted by atomic mass is 79.9. The Morgan fingerprint density at radius 3 is 2.26 bits per heavy atom. The van der Waals surface area contributed by atoms with Crippen LogP contribution in [0.3, 0.4) is 0 Å². The molecular weight excluding hydrogens is 298 g/mol. The first-order valence-corrected chi connectivity index (χ1v) is 8.15. The molecule has 0 aromatic heterocycles. The van der Waals surface area contributed by atoms with E-state index in [1.54, 1.807) is 0 Å². The Morgan fingerprint density at radius 1 is 1.21 bits per heavy atom. The van der Waals surface area contributed by atoms with Gasteiger partial charge in [0.15, 0.2) is 0 Å². The summed E-state index contributed by atoms with van der Waals surface area (Å²) in [6, 6.07) is 8.93. The summed E-state index contributed by atoms with van der Waals surface area (Å²) < 4.78 is 1.17. The lowest BCUT2D eigenvalue weighted by Crippen LogP contribution is -2.52. The first kappa shape index (κ1) is 15.1. The molecule has 0 heterocycles. The molecule has 0 amide bonds. The molecule has 106 valence electrons. The zero-order chi connectivity index (χ0) is 14.1. The van der Waals surface area contributed by atoms with Crippen LogP contribution in [-0.2, 0) is 5.41 Å². The van der Waals surface area contributed by atoms with Gasteiger partial charge in [-0.05, 0) is 57.2 Å². The standard InChI is InChI=1S/C17H26BrN/c1-5-13-10-17(11-13,12-19-16(2,3)4)14-6-8-15(18)9-7-14/h6-9,13,19H,5,10-12H2,1-4H3. The smallest absolute Gasteiger partial charge is 0.0175 e. The molecule has 0 bridgehead atoms. The van der Waals surface area contributed by atoms with Gasteiger partial charge in [0.25, 0.3) is 0 Å². The van der Waals surface area contributed by atoms with Gasteiger partial charge in [0.2, 0.25) is 0 Å². The van der Waals surface area contributed by atoms with Crippen LogP contribution < -0.4 is 5.32 Å². The molecule has 0 saturated heterocycles. The summed E-state index contributed by atoms with van der Waals surface area (Å²) in [5.41, 5.74) is 2.05. The van der Waals surface area contributed by atoms with Crippen molar-refractivity contribution in [2.75, 3.05) is 6.54 Å². The number of nitrogens with one attached hydrogen (secondary N) is 1. The van der Waals surface area contributed by atoms with Crippen LogP contribution in [0.2, 0.25) is 0 Å². The Labute approximate surface area is 126 Å². The average molecular weight is 324 g/mol. The maximum atomic E-state index is 3.71. The van der Waals surface area contributed by atoms with Crippen molar-refractivity contribution in [1.29, 1.82) is 0 Å². The molecular formula is C17H26BrN. The molecule has 0 atom stereocenters. The maximum Gasteiger partial charge on any atom is 0.0175 e. The van der Waals surface area contributed by atoms with E-state index in [0.717, 1.165) is 12.5 Å². The van der Waals surface area contributed by atoms with Crippen LogP contribution in [0.4, 0.5) is 0 Å². The Morgan fingerprint density at radius 2 is 1.79 bits per heavy atom. The summed E-state index contributed by atoms with van der Waals surface area (Å²) in [5.74, 6) is 0.908. The van der Waals surface area contributed by atoms with Gasteiger partial charge in [-0.1, -0.05) is 41.4 Å². The van der Waals surface area contributed by atoms with Gasteiger partial charge < -0.3 is 5.32 Å². The molecule has 2 heteroatoms. The van der Waals surface area contributed by atoms with Gasteiger partial charge in [-0.2, -0.15) is 0 Å². The lowest BCUT2D eigenvalue weighted by molar-refractivity contribution is 0.125. The van der Waals surface area contributed by atoms with Crippen molar-refractivity contribution in [3.8, 4) is 0 Å². The Hall–Kier alpha value is -0.340. The number of hydrogen-bond acceptors (Lipinski definition) is 1. The molecule has 1 nitrogen and oxygen atoms in total. The van der Waals surface area contributed by atoms with Crippen LogP contribution in [0, 0.1) is 5.92 Å². The Balaban J connectivity index is 2.14. The van der Waals surface area contributed by atoms with E-state index in [0.29, 0.717) is 5.41 Å². The molecule has 1 N–H and O–H groups in total. The van der Waals surface area contributed by atoms with Crippen LogP contribution >= 0.6 is 15.9 Å². The molecule has 0 aliphatic heterocycles. The van der Waals surface area contributed by atoms with Gasteiger partial charge in [-0.3, -0.25) is 0 Å². The third-order valence-electron chi connectivity index (χ3n) is 4.35. The van der Waals surface area contributed by atoms with E-state index in [-0.39, 0.29) is 5.54 Å². The van der Waals surface area contributed by atoms with E-state index >= 15 is 0 Å². The number of halogens is 1. The Bertz CT molecular complexity index is 410. The van der Waals surface area contributed by atoms with Crippen molar-refractivity contribution >= 4 is 15.9 Å². The lowest BCUT2D eigenvalue weighted by atomic mass is 9.57. The van der Waals surface area contributed by atoms with Gasteiger partial charge in [-0.15, -0.1) is 0 Å². The molecule has 1 fully saturated rings. The average Bonchev–Trinajstić information content (AvgIpc) is 2.28. The molecule has 1 saturated carbocycles. The highest BCUT2D eigenvalue weighted by Gasteiger charge is 2.44. The minimum Gasteiger partial charge on any atom is -0.311 e. The van der Waals surface area contributed by atoms with Crippen molar-refractivity contribution in [1.82, 2.24) is 5.32 Å². The Kier molecular flexibility index (Phi) is 4.42. The second-order valence-corrected chi connectivity index (χ2v) is 7.99. The molecule has 1 aromatic carbocycles. The van der Waals surface area contributed by atoms with Crippen molar-refractivity contribution in [3.63, 3.8) is 0 Å². The molecule has 0 radical (unpaired) electrons. The second-order valence-electron chi connectivity index (χ2n) is 7.07. The number of hydrogen-bond donors (Lipinski definition) is 1. The van der Waals surface area contributed by atoms with Crippen molar-refractivity contribution < 1.29 is 0 Å². The minimum atomic E-state index is 0.194. The zero-order valence-corrected chi connectivity index (χ0v) is 14.2. The summed E-state index contributed by atoms with van der Waals surface area (Å²) in [4.78, 5) is 0. The zero-order valence-electron chi connectivity index (χ0n) is 12.6. The predicted octanol–water partition coefficient (Wildman–Crippen LogP) is 4.90. The second kappa shape index (κ2) is 5.57. The fourth-order valence-corrected chi connectivity index (χ4v) is 3.32. The molecule has 19 heavy (non-hydrogen) atoms. The fourth-order valence-electron chi connectivity index (χ4n) is 3.05. The van der Waals surface area contributed by atoms with Crippen molar-refractivity contribution in [2.24, 2.45) is 5.92 Å². The summed E-state index contributed by atoms with van der Waals surface area (Å²) in [7, 11) is 0. The highest BCUT2D eigenvalue weighted by molar-refractivity contribution is 9.10. The summed E-state index contributed by atoms with van der Waals surface area (Å²) in [6.07, 6.45) is 3.97. The van der Waals surface area contributed by atoms with Gasteiger partial charge in [0.1, 0.15) is 0 Å². The highest BCUT2D eigenvalue weighted by Crippen LogP contribution is 2.49. The number of benzene rings is 1. The van der Waals surface area contributed by atoms with Crippen LogP contribution in [-0.4, -0.2) is 12.1 Å². The predicted molar refractivity (Wildman–Crippen MR) is 86.6 cm³/mol. The fraction of sp³-hybridized carbons (Fsp3) is 0.647. The van der Waals surface area contributed by atoms with E-state index < -0.39 is 0 Å². The molecule has 1 aliphatic rings. The molecule has 0 unspecified atom stereocenters. The molecule has 1 aliphatic carbocycles. The summed E-state index contributed by atoms with van der Waals surface area (Å²) >= 11 is 3.53. The van der Waals surface area contributed by atoms with E-state index in [4.69, 9.17) is 0 Å². The minimum absolute atomic E-state index is 0.194. The monoisotopic (exact) mass is 323 g/mol. The quantitative estimate of drug-likeness (QED) is 0.831. The van der Waals surface area contributed by atoms with E-state index in [1.807, 2.05) is 0 Å². The largest absolute Gasteiger partial charge is 0.311 e. The van der Waals surface area contributed by atoms with E-state index in [1.165, 1.54) is 29.3 Å². The molecule has 2 rings (SSSR count). The van der Waals surface area contributed by atoms with Crippen molar-refractivity contribution in [2.45, 2.75) is 57.9 Å². The van der Waals surface area contributed by atoms with E-state index in [2.05, 4.69) is 73.2 Å². The molecule has 1 aromatic rings. The topological polar surface area (TPSA) is 12.0 Å². The van der Waals surface area contributed by atoms with E-state index in [9.17, 15) is 0 Å².